The van der Waals surface area contributed by atoms with Crippen LogP contribution in [0.5, 0.6) is 17.2 Å². The third-order valence-electron chi connectivity index (χ3n) is 7.66. The number of esters is 1. The first-order valence-electron chi connectivity index (χ1n) is 14.7. The van der Waals surface area contributed by atoms with Gasteiger partial charge in [0, 0.05) is 5.56 Å². The molecule has 1 aliphatic heterocycles. The van der Waals surface area contributed by atoms with Crippen molar-refractivity contribution < 1.29 is 33.7 Å². The number of para-hydroxylation sites is 1. The molecule has 1 fully saturated rings. The molecule has 1 amide bonds. The second kappa shape index (κ2) is 13.3. The highest BCUT2D eigenvalue weighted by molar-refractivity contribution is 7.17. The fourth-order valence-electron chi connectivity index (χ4n) is 5.36. The quantitative estimate of drug-likeness (QED) is 0.0756. The predicted octanol–water partition coefficient (Wildman–Crippen LogP) is 7.54. The van der Waals surface area contributed by atoms with Gasteiger partial charge in [-0.15, -0.1) is 0 Å². The van der Waals surface area contributed by atoms with Gasteiger partial charge in [-0.2, -0.15) is 0 Å². The maximum absolute atomic E-state index is 13.8. The number of ketones is 1. The molecule has 1 N–H and O–H groups in total. The molecule has 6 rings (SSSR count). The summed E-state index contributed by atoms with van der Waals surface area (Å²) in [6, 6.07) is 29.9. The number of carbonyl (C=O) groups excluding carboxylic acids is 3. The highest BCUT2D eigenvalue weighted by Crippen LogP contribution is 2.45. The van der Waals surface area contributed by atoms with Crippen LogP contribution in [0.1, 0.15) is 43.7 Å². The number of amides is 1. The van der Waals surface area contributed by atoms with E-state index >= 15 is 0 Å². The number of methoxy groups -OCH3 is 1. The van der Waals surface area contributed by atoms with Crippen LogP contribution in [0.15, 0.2) is 109 Å². The average molecular weight is 647 g/mol. The van der Waals surface area contributed by atoms with Gasteiger partial charge in [0.1, 0.15) is 34.5 Å². The van der Waals surface area contributed by atoms with Crippen LogP contribution in [0.2, 0.25) is 0 Å². The highest BCUT2D eigenvalue weighted by Gasteiger charge is 2.48. The summed E-state index contributed by atoms with van der Waals surface area (Å²) in [6.45, 7) is 3.77. The van der Waals surface area contributed by atoms with Crippen molar-refractivity contribution in [1.29, 1.82) is 0 Å². The number of benzene rings is 4. The molecule has 0 aliphatic carbocycles. The summed E-state index contributed by atoms with van der Waals surface area (Å²) in [5.74, 6) is -1.10. The molecule has 0 radical (unpaired) electrons. The number of anilines is 1. The SMILES string of the molecule is COC(=O)c1sc(N2C(=O)C(=O)/C(=C(/O)c3ccc(OCc4ccccc4)cc3C)C2c2cccc(Oc3ccccc3)c2)nc1C. The van der Waals surface area contributed by atoms with Gasteiger partial charge in [-0.3, -0.25) is 14.5 Å². The number of ether oxygens (including phenoxy) is 3. The summed E-state index contributed by atoms with van der Waals surface area (Å²) in [6.07, 6.45) is 0. The van der Waals surface area contributed by atoms with Crippen molar-refractivity contribution in [3.63, 3.8) is 0 Å². The lowest BCUT2D eigenvalue weighted by Crippen LogP contribution is -2.29. The lowest BCUT2D eigenvalue weighted by Gasteiger charge is -2.23. The summed E-state index contributed by atoms with van der Waals surface area (Å²) in [5.41, 5.74) is 2.72. The molecule has 0 spiro atoms. The number of nitrogens with zero attached hydrogens (tertiary/aromatic N) is 2. The first kappa shape index (κ1) is 31.3. The Labute approximate surface area is 275 Å². The Morgan fingerprint density at radius 1 is 0.872 bits per heavy atom. The van der Waals surface area contributed by atoms with Gasteiger partial charge in [0.15, 0.2) is 5.13 Å². The fraction of sp³-hybridized carbons (Fsp3) is 0.135. The second-order valence-electron chi connectivity index (χ2n) is 10.8. The monoisotopic (exact) mass is 646 g/mol. The molecule has 1 saturated heterocycles. The first-order chi connectivity index (χ1) is 22.7. The van der Waals surface area contributed by atoms with Gasteiger partial charge < -0.3 is 19.3 Å². The number of rotatable bonds is 9. The number of hydrogen-bond acceptors (Lipinski definition) is 9. The summed E-state index contributed by atoms with van der Waals surface area (Å²) < 4.78 is 16.9. The Bertz CT molecular complexity index is 2000. The topological polar surface area (TPSA) is 115 Å². The summed E-state index contributed by atoms with van der Waals surface area (Å²) >= 11 is 0.934. The maximum atomic E-state index is 13.8. The van der Waals surface area contributed by atoms with Gasteiger partial charge in [0.2, 0.25) is 0 Å². The minimum Gasteiger partial charge on any atom is -0.507 e. The zero-order valence-corrected chi connectivity index (χ0v) is 26.6. The van der Waals surface area contributed by atoms with Crippen LogP contribution in [0.3, 0.4) is 0 Å². The van der Waals surface area contributed by atoms with Gasteiger partial charge in [-0.1, -0.05) is 72.0 Å². The lowest BCUT2D eigenvalue weighted by molar-refractivity contribution is -0.132. The van der Waals surface area contributed by atoms with E-state index in [0.29, 0.717) is 46.2 Å². The first-order valence-corrected chi connectivity index (χ1v) is 15.5. The Morgan fingerprint density at radius 3 is 2.28 bits per heavy atom. The van der Waals surface area contributed by atoms with Crippen molar-refractivity contribution in [1.82, 2.24) is 4.98 Å². The van der Waals surface area contributed by atoms with E-state index < -0.39 is 23.7 Å². The molecule has 0 saturated carbocycles. The molecule has 1 atom stereocenters. The van der Waals surface area contributed by atoms with Crippen LogP contribution in [0, 0.1) is 13.8 Å². The van der Waals surface area contributed by atoms with E-state index in [-0.39, 0.29) is 21.3 Å². The summed E-state index contributed by atoms with van der Waals surface area (Å²) in [5, 5.41) is 11.9. The number of Topliss-reactive ketones (excluding diaryl/α,β-unsaturated/α-hetero) is 1. The average Bonchev–Trinajstić information content (AvgIpc) is 3.60. The molecule has 2 heterocycles. The smallest absolute Gasteiger partial charge is 0.350 e. The van der Waals surface area contributed by atoms with Crippen molar-refractivity contribution in [3.8, 4) is 17.2 Å². The number of aromatic nitrogens is 1. The van der Waals surface area contributed by atoms with Gasteiger partial charge in [0.25, 0.3) is 5.78 Å². The highest BCUT2D eigenvalue weighted by atomic mass is 32.1. The Morgan fingerprint density at radius 2 is 1.57 bits per heavy atom. The number of aliphatic hydroxyl groups is 1. The Kier molecular flexibility index (Phi) is 8.86. The van der Waals surface area contributed by atoms with Gasteiger partial charge >= 0.3 is 11.9 Å². The molecule has 236 valence electrons. The minimum atomic E-state index is -1.08. The molecular formula is C37H30N2O7S. The molecule has 1 aromatic heterocycles. The zero-order valence-electron chi connectivity index (χ0n) is 25.8. The van der Waals surface area contributed by atoms with Crippen LogP contribution in [-0.2, 0) is 20.9 Å². The summed E-state index contributed by atoms with van der Waals surface area (Å²) in [4.78, 5) is 45.9. The third kappa shape index (κ3) is 6.36. The number of aryl methyl sites for hydroxylation is 2. The molecule has 9 nitrogen and oxygen atoms in total. The minimum absolute atomic E-state index is 0.116. The maximum Gasteiger partial charge on any atom is 0.350 e. The van der Waals surface area contributed by atoms with E-state index in [1.807, 2.05) is 48.5 Å². The molecule has 10 heteroatoms. The van der Waals surface area contributed by atoms with Crippen LogP contribution in [-0.4, -0.2) is 34.9 Å². The number of carbonyl (C=O) groups is 3. The third-order valence-corrected chi connectivity index (χ3v) is 8.80. The molecule has 4 aromatic carbocycles. The van der Waals surface area contributed by atoms with Gasteiger partial charge in [0.05, 0.1) is 24.4 Å². The van der Waals surface area contributed by atoms with Crippen molar-refractivity contribution in [2.75, 3.05) is 12.0 Å². The van der Waals surface area contributed by atoms with E-state index in [1.165, 1.54) is 12.0 Å². The molecule has 47 heavy (non-hydrogen) atoms. The van der Waals surface area contributed by atoms with E-state index in [0.717, 1.165) is 16.9 Å². The van der Waals surface area contributed by atoms with E-state index in [4.69, 9.17) is 14.2 Å². The lowest BCUT2D eigenvalue weighted by atomic mass is 9.94. The molecule has 5 aromatic rings. The Balaban J connectivity index is 1.43. The number of hydrogen-bond donors (Lipinski definition) is 1. The zero-order chi connectivity index (χ0) is 33.1. The van der Waals surface area contributed by atoms with Crippen molar-refractivity contribution in [2.24, 2.45) is 0 Å². The van der Waals surface area contributed by atoms with Crippen LogP contribution < -0.4 is 14.4 Å². The predicted molar refractivity (Wildman–Crippen MR) is 178 cm³/mol. The van der Waals surface area contributed by atoms with E-state index in [2.05, 4.69) is 4.98 Å². The standard InChI is InChI=1S/C37H30N2O7S/c1-22-19-27(45-21-24-11-6-4-7-12-24)17-18-29(22)32(40)30-31(25-13-10-16-28(20-25)46-26-14-8-5-9-15-26)39(35(42)33(30)41)37-38-23(2)34(47-37)36(43)44-3/h4-20,31,40H,21H2,1-3H3/b32-30+. The molecular weight excluding hydrogens is 616 g/mol. The largest absolute Gasteiger partial charge is 0.507 e. The summed E-state index contributed by atoms with van der Waals surface area (Å²) in [7, 11) is 1.26. The normalized spacial score (nSPS) is 15.5. The molecule has 1 aliphatic rings. The Hall–Kier alpha value is -5.74. The molecule has 0 bridgehead atoms. The van der Waals surface area contributed by atoms with Crippen molar-refractivity contribution >= 4 is 39.9 Å². The van der Waals surface area contributed by atoms with Crippen LogP contribution >= 0.6 is 11.3 Å². The van der Waals surface area contributed by atoms with Gasteiger partial charge in [-0.25, -0.2) is 9.78 Å². The second-order valence-corrected chi connectivity index (χ2v) is 11.8. The molecule has 1 unspecified atom stereocenters. The van der Waals surface area contributed by atoms with Gasteiger partial charge in [-0.05, 0) is 73.0 Å². The van der Waals surface area contributed by atoms with Crippen LogP contribution in [0.25, 0.3) is 5.76 Å². The number of aliphatic hydroxyl groups excluding tert-OH is 1. The number of thiazole rings is 1. The fourth-order valence-corrected chi connectivity index (χ4v) is 6.37. The van der Waals surface area contributed by atoms with E-state index in [1.54, 1.807) is 68.4 Å². The van der Waals surface area contributed by atoms with Crippen LogP contribution in [0.4, 0.5) is 5.13 Å². The van der Waals surface area contributed by atoms with Crippen molar-refractivity contribution in [3.05, 3.63) is 142 Å². The van der Waals surface area contributed by atoms with Crippen molar-refractivity contribution in [2.45, 2.75) is 26.5 Å². The van der Waals surface area contributed by atoms with E-state index in [9.17, 15) is 19.5 Å².